The highest BCUT2D eigenvalue weighted by atomic mass is 14.2. The quantitative estimate of drug-likeness (QED) is 0.146. The predicted octanol–water partition coefficient (Wildman–Crippen LogP) is 20.3. The molecule has 0 bridgehead atoms. The number of fused-ring (bicyclic) bond motifs is 6. The molecule has 0 aliphatic rings. The van der Waals surface area contributed by atoms with Gasteiger partial charge in [0.15, 0.2) is 0 Å². The van der Waals surface area contributed by atoms with Gasteiger partial charge in [-0.2, -0.15) is 0 Å². The average molecular weight is 913 g/mol. The van der Waals surface area contributed by atoms with E-state index in [0.29, 0.717) is 0 Å². The summed E-state index contributed by atoms with van der Waals surface area (Å²) in [5.41, 5.74) is 15.2. The molecule has 0 spiro atoms. The second-order valence-electron chi connectivity index (χ2n) is 18.6. The molecule has 0 amide bonds. The first-order chi connectivity index (χ1) is 35.8. The Labute approximate surface area is 420 Å². The zero-order valence-corrected chi connectivity index (χ0v) is 39.7. The molecule has 72 heavy (non-hydrogen) atoms. The molecule has 0 saturated carbocycles. The van der Waals surface area contributed by atoms with E-state index in [1.54, 1.807) is 0 Å². The van der Waals surface area contributed by atoms with Crippen molar-refractivity contribution in [2.75, 3.05) is 0 Å². The smallest absolute Gasteiger partial charge is 0.00201 e. The summed E-state index contributed by atoms with van der Waals surface area (Å²) in [6.45, 7) is 0. The maximum Gasteiger partial charge on any atom is -0.00201 e. The summed E-state index contributed by atoms with van der Waals surface area (Å²) in [5, 5.41) is 15.4. The Bertz CT molecular complexity index is 4170. The van der Waals surface area contributed by atoms with Crippen molar-refractivity contribution in [2.24, 2.45) is 0 Å². The van der Waals surface area contributed by atoms with Gasteiger partial charge in [-0.25, -0.2) is 0 Å². The molecular weight excluding hydrogens is 865 g/mol. The molecule has 0 nitrogen and oxygen atoms in total. The molecular formula is C72H48. The SMILES string of the molecule is c1ccc(-c2ccc(-c3c4ccccc4c(-c4cccc5ccccc45)c4ccccc34)cc2)cc1.c1ccc(-c2cccc(-c3c4ccccc4c(-c4cccc5ccccc45)c4ccccc34)c2)cc1. The van der Waals surface area contributed by atoms with Gasteiger partial charge in [0.25, 0.3) is 0 Å². The van der Waals surface area contributed by atoms with Crippen LogP contribution in [-0.4, -0.2) is 0 Å². The van der Waals surface area contributed by atoms with Crippen molar-refractivity contribution in [1.29, 1.82) is 0 Å². The molecule has 0 radical (unpaired) electrons. The van der Waals surface area contributed by atoms with Gasteiger partial charge < -0.3 is 0 Å². The maximum atomic E-state index is 2.33. The van der Waals surface area contributed by atoms with Crippen molar-refractivity contribution in [2.45, 2.75) is 0 Å². The third kappa shape index (κ3) is 7.58. The van der Waals surface area contributed by atoms with Crippen LogP contribution in [0.4, 0.5) is 0 Å². The lowest BCUT2D eigenvalue weighted by Gasteiger charge is -2.19. The maximum absolute atomic E-state index is 2.33. The van der Waals surface area contributed by atoms with Gasteiger partial charge in [0, 0.05) is 0 Å². The van der Waals surface area contributed by atoms with Crippen molar-refractivity contribution >= 4 is 64.6 Å². The molecule has 0 aromatic heterocycles. The molecule has 14 rings (SSSR count). The largest absolute Gasteiger partial charge is 0.0622 e. The fourth-order valence-corrected chi connectivity index (χ4v) is 11.3. The highest BCUT2D eigenvalue weighted by Gasteiger charge is 2.20. The van der Waals surface area contributed by atoms with E-state index in [9.17, 15) is 0 Å². The van der Waals surface area contributed by atoms with Crippen molar-refractivity contribution in [3.05, 3.63) is 291 Å². The summed E-state index contributed by atoms with van der Waals surface area (Å²) in [6.07, 6.45) is 0. The zero-order chi connectivity index (χ0) is 47.8. The fraction of sp³-hybridized carbons (Fsp3) is 0. The first kappa shape index (κ1) is 42.7. The normalized spacial score (nSPS) is 11.3. The molecule has 0 heteroatoms. The summed E-state index contributed by atoms with van der Waals surface area (Å²) in [7, 11) is 0. The lowest BCUT2D eigenvalue weighted by atomic mass is 9.84. The van der Waals surface area contributed by atoms with E-state index in [1.165, 1.54) is 131 Å². The Morgan fingerprint density at radius 1 is 0.139 bits per heavy atom. The van der Waals surface area contributed by atoms with Crippen LogP contribution in [0.1, 0.15) is 0 Å². The molecule has 0 heterocycles. The van der Waals surface area contributed by atoms with Gasteiger partial charge in [0.2, 0.25) is 0 Å². The predicted molar refractivity (Wildman–Crippen MR) is 311 cm³/mol. The molecule has 0 N–H and O–H groups in total. The Hall–Kier alpha value is -9.36. The standard InChI is InChI=1S/2C36H24/c1-2-12-25(13-3-1)27-16-10-17-28(24-27)35-31-19-6-8-21-33(31)36(34-22-9-7-20-32(34)35)30-23-11-15-26-14-4-5-18-29(26)30;1-2-11-25(12-3-1)26-21-23-28(24-22-26)35-31-16-6-8-18-33(31)36(34-19-9-7-17-32(34)35)30-20-10-14-27-13-4-5-15-29(27)30/h2*1-24H. The first-order valence-electron chi connectivity index (χ1n) is 24.9. The monoisotopic (exact) mass is 912 g/mol. The number of rotatable bonds is 6. The topological polar surface area (TPSA) is 0 Å². The fourth-order valence-electron chi connectivity index (χ4n) is 11.3. The second-order valence-corrected chi connectivity index (χ2v) is 18.6. The molecule has 14 aromatic rings. The summed E-state index contributed by atoms with van der Waals surface area (Å²) < 4.78 is 0. The van der Waals surface area contributed by atoms with Crippen LogP contribution in [0.5, 0.6) is 0 Å². The molecule has 0 unspecified atom stereocenters. The van der Waals surface area contributed by atoms with E-state index in [-0.39, 0.29) is 0 Å². The lowest BCUT2D eigenvalue weighted by molar-refractivity contribution is 1.61. The van der Waals surface area contributed by atoms with E-state index < -0.39 is 0 Å². The van der Waals surface area contributed by atoms with Gasteiger partial charge in [-0.3, -0.25) is 0 Å². The van der Waals surface area contributed by atoms with Gasteiger partial charge in [-0.1, -0.05) is 285 Å². The van der Waals surface area contributed by atoms with Gasteiger partial charge in [0.1, 0.15) is 0 Å². The average Bonchev–Trinajstić information content (AvgIpc) is 3.46. The summed E-state index contributed by atoms with van der Waals surface area (Å²) >= 11 is 0. The lowest BCUT2D eigenvalue weighted by Crippen LogP contribution is -1.91. The van der Waals surface area contributed by atoms with E-state index in [0.717, 1.165) is 0 Å². The molecule has 0 atom stereocenters. The number of benzene rings is 14. The first-order valence-corrected chi connectivity index (χ1v) is 24.9. The van der Waals surface area contributed by atoms with Crippen LogP contribution in [0.3, 0.4) is 0 Å². The Morgan fingerprint density at radius 3 is 0.833 bits per heavy atom. The highest BCUT2D eigenvalue weighted by Crippen LogP contribution is 2.47. The van der Waals surface area contributed by atoms with Gasteiger partial charge in [-0.15, -0.1) is 0 Å². The zero-order valence-electron chi connectivity index (χ0n) is 39.7. The van der Waals surface area contributed by atoms with Crippen molar-refractivity contribution in [1.82, 2.24) is 0 Å². The number of hydrogen-bond donors (Lipinski definition) is 0. The third-order valence-electron chi connectivity index (χ3n) is 14.5. The molecule has 14 aromatic carbocycles. The molecule has 0 saturated heterocycles. The minimum atomic E-state index is 1.24. The summed E-state index contributed by atoms with van der Waals surface area (Å²) in [5.74, 6) is 0. The third-order valence-corrected chi connectivity index (χ3v) is 14.5. The Kier molecular flexibility index (Phi) is 11.0. The van der Waals surface area contributed by atoms with Crippen LogP contribution in [-0.2, 0) is 0 Å². The van der Waals surface area contributed by atoms with Gasteiger partial charge >= 0.3 is 0 Å². The molecule has 0 aliphatic carbocycles. The van der Waals surface area contributed by atoms with Crippen LogP contribution in [0, 0.1) is 0 Å². The van der Waals surface area contributed by atoms with Crippen molar-refractivity contribution in [3.8, 4) is 66.8 Å². The van der Waals surface area contributed by atoms with Crippen LogP contribution in [0.2, 0.25) is 0 Å². The highest BCUT2D eigenvalue weighted by molar-refractivity contribution is 6.25. The van der Waals surface area contributed by atoms with Gasteiger partial charge in [-0.05, 0) is 137 Å². The molecule has 336 valence electrons. The Morgan fingerprint density at radius 2 is 0.403 bits per heavy atom. The minimum Gasteiger partial charge on any atom is -0.0622 e. The van der Waals surface area contributed by atoms with Crippen molar-refractivity contribution < 1.29 is 0 Å². The Balaban J connectivity index is 0.000000140. The van der Waals surface area contributed by atoms with E-state index in [2.05, 4.69) is 291 Å². The molecule has 0 fully saturated rings. The van der Waals surface area contributed by atoms with E-state index >= 15 is 0 Å². The van der Waals surface area contributed by atoms with E-state index in [1.807, 2.05) is 0 Å². The van der Waals surface area contributed by atoms with Gasteiger partial charge in [0.05, 0.1) is 0 Å². The number of hydrogen-bond acceptors (Lipinski definition) is 0. The van der Waals surface area contributed by atoms with Crippen LogP contribution in [0.25, 0.3) is 131 Å². The van der Waals surface area contributed by atoms with E-state index in [4.69, 9.17) is 0 Å². The summed E-state index contributed by atoms with van der Waals surface area (Å²) in [4.78, 5) is 0. The van der Waals surface area contributed by atoms with Crippen molar-refractivity contribution in [3.63, 3.8) is 0 Å². The van der Waals surface area contributed by atoms with Crippen LogP contribution >= 0.6 is 0 Å². The molecule has 0 aliphatic heterocycles. The van der Waals surface area contributed by atoms with Crippen LogP contribution in [0.15, 0.2) is 291 Å². The van der Waals surface area contributed by atoms with Crippen LogP contribution < -0.4 is 0 Å². The minimum absolute atomic E-state index is 1.24. The summed E-state index contributed by atoms with van der Waals surface area (Å²) in [6, 6.07) is 105. The second kappa shape index (κ2) is 18.5.